The molecule has 3 aromatic rings. The van der Waals surface area contributed by atoms with E-state index in [1.165, 1.54) is 51.4 Å². The standard InChI is InChI=1S/C13H9.C8H11O.C2H4.2ClH.Zr/c1-3-7-12-10(5-1)9-11-6-2-4-8-13(11)12;9-7-3-6-8-4-1-2-5-8;1-2;;;/h1-9H;4-5,9H,1,3,6-7H2;1H,2H3;2*1H;/q2*-1;;;;+2/p-2. The maximum absolute atomic E-state index is 8.47. The zero-order chi connectivity index (χ0) is 17.9. The van der Waals surface area contributed by atoms with Crippen molar-refractivity contribution in [2.75, 3.05) is 6.61 Å². The smallest absolute Gasteiger partial charge is 0.0420 e. The van der Waals surface area contributed by atoms with Gasteiger partial charge >= 0.3 is 34.9 Å². The van der Waals surface area contributed by atoms with Crippen LogP contribution >= 0.6 is 0 Å². The van der Waals surface area contributed by atoms with Crippen molar-refractivity contribution in [2.24, 2.45) is 0 Å². The van der Waals surface area contributed by atoms with E-state index in [2.05, 4.69) is 70.5 Å². The van der Waals surface area contributed by atoms with E-state index in [0.717, 1.165) is 19.3 Å². The van der Waals surface area contributed by atoms with Gasteiger partial charge < -0.3 is 29.9 Å². The molecule has 1 N–H and O–H groups in total. The van der Waals surface area contributed by atoms with Crippen LogP contribution in [-0.2, 0) is 24.2 Å². The van der Waals surface area contributed by atoms with E-state index in [4.69, 9.17) is 5.11 Å². The molecule has 4 heteroatoms. The Balaban J connectivity index is 0.000000430. The van der Waals surface area contributed by atoms with E-state index in [9.17, 15) is 0 Å². The summed E-state index contributed by atoms with van der Waals surface area (Å²) < 4.78 is 2.09. The van der Waals surface area contributed by atoms with Crippen molar-refractivity contribution in [1.82, 2.24) is 0 Å². The summed E-state index contributed by atoms with van der Waals surface area (Å²) in [5.41, 5.74) is 1.32. The maximum Gasteiger partial charge on any atom is 0.0420 e. The Morgan fingerprint density at radius 2 is 1.56 bits per heavy atom. The Kier molecular flexibility index (Phi) is 14.5. The molecule has 0 spiro atoms. The van der Waals surface area contributed by atoms with E-state index < -0.39 is 0 Å². The Labute approximate surface area is 189 Å². The summed E-state index contributed by atoms with van der Waals surface area (Å²) in [5, 5.41) is 13.9. The number of hydrogen-bond acceptors (Lipinski definition) is 1. The van der Waals surface area contributed by atoms with Crippen LogP contribution in [0.25, 0.3) is 21.5 Å². The van der Waals surface area contributed by atoms with Crippen molar-refractivity contribution in [3.05, 3.63) is 78.4 Å². The molecule has 3 aromatic carbocycles. The van der Waals surface area contributed by atoms with Gasteiger partial charge in [0.25, 0.3) is 0 Å². The average molecular weight is 479 g/mol. The van der Waals surface area contributed by atoms with E-state index in [1.807, 2.05) is 13.0 Å². The second kappa shape index (κ2) is 15.1. The molecule has 142 valence electrons. The van der Waals surface area contributed by atoms with Crippen molar-refractivity contribution in [2.45, 2.75) is 26.2 Å². The first kappa shape index (κ1) is 26.1. The van der Waals surface area contributed by atoms with Crippen LogP contribution in [0.4, 0.5) is 0 Å². The minimum absolute atomic E-state index is 0. The van der Waals surface area contributed by atoms with Crippen LogP contribution in [-0.4, -0.2) is 15.4 Å². The van der Waals surface area contributed by atoms with Crippen molar-refractivity contribution in [3.63, 3.8) is 0 Å². The quantitative estimate of drug-likeness (QED) is 0.505. The number of aliphatic hydroxyl groups excluding tert-OH is 1. The Morgan fingerprint density at radius 1 is 1.04 bits per heavy atom. The van der Waals surface area contributed by atoms with Gasteiger partial charge in [0.1, 0.15) is 0 Å². The summed E-state index contributed by atoms with van der Waals surface area (Å²) in [6.07, 6.45) is 10.1. The van der Waals surface area contributed by atoms with Crippen LogP contribution < -0.4 is 24.8 Å². The van der Waals surface area contributed by atoms with Crippen LogP contribution in [0.5, 0.6) is 0 Å². The molecule has 0 aliphatic heterocycles. The van der Waals surface area contributed by atoms with Gasteiger partial charge in [0.05, 0.1) is 0 Å². The fourth-order valence-corrected chi connectivity index (χ4v) is 2.80. The van der Waals surface area contributed by atoms with Gasteiger partial charge in [0.2, 0.25) is 0 Å². The number of halogens is 2. The number of fused-ring (bicyclic) bond motifs is 3. The van der Waals surface area contributed by atoms with E-state index in [0.29, 0.717) is 6.61 Å². The van der Waals surface area contributed by atoms with Crippen molar-refractivity contribution in [3.8, 4) is 0 Å². The molecule has 27 heavy (non-hydrogen) atoms. The molecule has 0 saturated carbocycles. The van der Waals surface area contributed by atoms with Gasteiger partial charge in [-0.3, -0.25) is 6.08 Å². The van der Waals surface area contributed by atoms with E-state index in [1.54, 1.807) is 0 Å². The predicted octanol–water partition coefficient (Wildman–Crippen LogP) is -0.476. The van der Waals surface area contributed by atoms with Crippen LogP contribution in [0.2, 0.25) is 0 Å². The monoisotopic (exact) mass is 476 g/mol. The van der Waals surface area contributed by atoms with Crippen molar-refractivity contribution >= 4 is 25.3 Å². The molecule has 0 fully saturated rings. The number of rotatable bonds is 3. The third-order valence-electron chi connectivity index (χ3n) is 3.92. The second-order valence-corrected chi connectivity index (χ2v) is 7.19. The zero-order valence-corrected chi connectivity index (χ0v) is 19.4. The minimum Gasteiger partial charge on any atom is -1.00 e. The van der Waals surface area contributed by atoms with Crippen molar-refractivity contribution < 1.29 is 54.2 Å². The molecule has 4 rings (SSSR count). The van der Waals surface area contributed by atoms with Crippen LogP contribution in [0.3, 0.4) is 0 Å². The Hall–Kier alpha value is -0.917. The molecule has 0 unspecified atom stereocenters. The predicted molar refractivity (Wildman–Crippen MR) is 106 cm³/mol. The fourth-order valence-electron chi connectivity index (χ4n) is 2.80. The summed E-state index contributed by atoms with van der Waals surface area (Å²) >= 11 is 1.51. The largest absolute Gasteiger partial charge is 1.00 e. The maximum atomic E-state index is 8.47. The van der Waals surface area contributed by atoms with Gasteiger partial charge in [-0.1, -0.05) is 42.8 Å². The normalized spacial score (nSPS) is 11.3. The average Bonchev–Trinajstić information content (AvgIpc) is 3.28. The molecule has 1 nitrogen and oxygen atoms in total. The molecule has 1 aliphatic rings. The van der Waals surface area contributed by atoms with Gasteiger partial charge in [-0.2, -0.15) is 6.08 Å². The van der Waals surface area contributed by atoms with Gasteiger partial charge in [-0.15, -0.1) is 46.2 Å². The first-order valence-corrected chi connectivity index (χ1v) is 10.1. The van der Waals surface area contributed by atoms with Gasteiger partial charge in [-0.05, 0) is 6.42 Å². The number of hydrogen-bond donors (Lipinski definition) is 1. The molecule has 0 saturated heterocycles. The molecule has 0 heterocycles. The summed E-state index contributed by atoms with van der Waals surface area (Å²) in [6.45, 7) is 2.34. The molecular formula is C23H24Cl2OZr-2. The molecule has 0 bridgehead atoms. The van der Waals surface area contributed by atoms with E-state index >= 15 is 0 Å². The number of allylic oxidation sites excluding steroid dienone is 4. The first-order valence-electron chi connectivity index (χ1n) is 8.65. The van der Waals surface area contributed by atoms with Gasteiger partial charge in [-0.25, -0.2) is 11.6 Å². The first-order chi connectivity index (χ1) is 12.3. The van der Waals surface area contributed by atoms with Crippen LogP contribution in [0.1, 0.15) is 26.2 Å². The molecule has 0 atom stereocenters. The molecule has 0 amide bonds. The van der Waals surface area contributed by atoms with Crippen LogP contribution in [0, 0.1) is 6.08 Å². The molecular weight excluding hydrogens is 454 g/mol. The summed E-state index contributed by atoms with van der Waals surface area (Å²) in [4.78, 5) is 0. The van der Waals surface area contributed by atoms with E-state index in [-0.39, 0.29) is 24.8 Å². The Bertz CT molecular complexity index is 815. The topological polar surface area (TPSA) is 20.2 Å². The summed E-state index contributed by atoms with van der Waals surface area (Å²) in [6, 6.07) is 19.3. The minimum atomic E-state index is 0. The fraction of sp³-hybridized carbons (Fsp3) is 0.217. The molecule has 0 radical (unpaired) electrons. The zero-order valence-electron chi connectivity index (χ0n) is 15.5. The number of aliphatic hydroxyl groups is 1. The second-order valence-electron chi connectivity index (χ2n) is 5.77. The third kappa shape index (κ3) is 8.32. The molecule has 1 aliphatic carbocycles. The third-order valence-corrected chi connectivity index (χ3v) is 3.92. The Morgan fingerprint density at radius 3 is 2.00 bits per heavy atom. The van der Waals surface area contributed by atoms with Crippen molar-refractivity contribution in [1.29, 1.82) is 0 Å². The number of benzene rings is 2. The van der Waals surface area contributed by atoms with Gasteiger partial charge in [0, 0.05) is 6.61 Å². The van der Waals surface area contributed by atoms with Gasteiger partial charge in [0.15, 0.2) is 0 Å². The summed E-state index contributed by atoms with van der Waals surface area (Å²) in [5.74, 6) is 0. The SMILES string of the molecule is C[CH]=[Zr+2].OCCCC1=CC[C-]=C1.[Cl-].[Cl-].c1ccc2c(c1)[cH-]c1ccccc12. The summed E-state index contributed by atoms with van der Waals surface area (Å²) in [7, 11) is 0. The van der Waals surface area contributed by atoms with Crippen LogP contribution in [0.15, 0.2) is 72.3 Å². The molecule has 0 aromatic heterocycles.